The molecule has 0 fully saturated rings. The summed E-state index contributed by atoms with van der Waals surface area (Å²) in [5.41, 5.74) is 2.36. The number of unbranched alkanes of at least 4 members (excludes halogenated alkanes) is 5. The van der Waals surface area contributed by atoms with Crippen molar-refractivity contribution >= 4 is 5.57 Å². The Bertz CT molecular complexity index is 1160. The van der Waals surface area contributed by atoms with Crippen molar-refractivity contribution < 1.29 is 4.74 Å². The molecule has 0 spiro atoms. The van der Waals surface area contributed by atoms with Crippen molar-refractivity contribution in [3.05, 3.63) is 64.5 Å². The highest BCUT2D eigenvalue weighted by atomic mass is 16.5. The molecule has 1 aliphatic rings. The van der Waals surface area contributed by atoms with Gasteiger partial charge in [0.25, 0.3) is 0 Å². The van der Waals surface area contributed by atoms with Gasteiger partial charge in [0.1, 0.15) is 17.4 Å². The van der Waals surface area contributed by atoms with Crippen molar-refractivity contribution in [1.82, 2.24) is 15.0 Å². The number of hydrogen-bond donors (Lipinski definition) is 0. The van der Waals surface area contributed by atoms with E-state index in [1.54, 1.807) is 0 Å². The van der Waals surface area contributed by atoms with E-state index in [0.717, 1.165) is 29.8 Å². The Morgan fingerprint density at radius 2 is 1.76 bits per heavy atom. The van der Waals surface area contributed by atoms with Crippen molar-refractivity contribution in [3.63, 3.8) is 0 Å². The first-order chi connectivity index (χ1) is 15.9. The number of benzene rings is 1. The Hall–Kier alpha value is -3.89. The fourth-order valence-corrected chi connectivity index (χ4v) is 4.07. The summed E-state index contributed by atoms with van der Waals surface area (Å²) in [5.74, 6) is 0.0525. The van der Waals surface area contributed by atoms with Crippen molar-refractivity contribution in [3.8, 4) is 23.4 Å². The van der Waals surface area contributed by atoms with Crippen LogP contribution in [0.15, 0.2) is 47.5 Å². The quantitative estimate of drug-likeness (QED) is 0.269. The molecule has 0 saturated heterocycles. The number of nitriles is 2. The minimum Gasteiger partial charge on any atom is -0.492 e. The molecule has 1 aromatic carbocycles. The Morgan fingerprint density at radius 1 is 1.09 bits per heavy atom. The summed E-state index contributed by atoms with van der Waals surface area (Å²) in [6, 6.07) is 11.7. The summed E-state index contributed by atoms with van der Waals surface area (Å²) in [6.45, 7) is 13.9. The summed E-state index contributed by atoms with van der Waals surface area (Å²) >= 11 is 0. The van der Waals surface area contributed by atoms with Gasteiger partial charge in [-0.2, -0.15) is 5.26 Å². The molecule has 7 nitrogen and oxygen atoms in total. The monoisotopic (exact) mass is 440 g/mol. The first-order valence-corrected chi connectivity index (χ1v) is 11.3. The summed E-state index contributed by atoms with van der Waals surface area (Å²) < 4.78 is 7.76. The van der Waals surface area contributed by atoms with Gasteiger partial charge in [-0.3, -0.25) is 4.68 Å². The normalized spacial score (nSPS) is 16.0. The number of nitrogens with zero attached hydrogens (tertiary/aromatic N) is 6. The minimum atomic E-state index is -0.838. The molecule has 7 heteroatoms. The van der Waals surface area contributed by atoms with Gasteiger partial charge < -0.3 is 4.74 Å². The van der Waals surface area contributed by atoms with Gasteiger partial charge in [0.15, 0.2) is 5.76 Å². The van der Waals surface area contributed by atoms with Gasteiger partial charge in [0, 0.05) is 17.7 Å². The topological polar surface area (TPSA) is 91.9 Å². The molecule has 0 aliphatic carbocycles. The lowest BCUT2D eigenvalue weighted by Crippen LogP contribution is -2.20. The molecule has 168 valence electrons. The van der Waals surface area contributed by atoms with Crippen LogP contribution in [0.4, 0.5) is 0 Å². The van der Waals surface area contributed by atoms with Crippen LogP contribution in [0.1, 0.15) is 64.9 Å². The summed E-state index contributed by atoms with van der Waals surface area (Å²) in [7, 11) is 0. The van der Waals surface area contributed by atoms with E-state index < -0.39 is 5.60 Å². The third-order valence-electron chi connectivity index (χ3n) is 5.73. The molecule has 1 aliphatic heterocycles. The van der Waals surface area contributed by atoms with E-state index in [1.165, 1.54) is 32.1 Å². The van der Waals surface area contributed by atoms with Crippen LogP contribution < -0.4 is 0 Å². The summed E-state index contributed by atoms with van der Waals surface area (Å²) in [5, 5.41) is 27.6. The van der Waals surface area contributed by atoms with Crippen LogP contribution >= 0.6 is 0 Å². The Morgan fingerprint density at radius 3 is 2.39 bits per heavy atom. The van der Waals surface area contributed by atoms with Crippen LogP contribution in [0.2, 0.25) is 0 Å². The molecule has 0 atom stereocenters. The zero-order chi connectivity index (χ0) is 23.8. The lowest BCUT2D eigenvalue weighted by Gasteiger charge is -2.23. The third-order valence-corrected chi connectivity index (χ3v) is 5.73. The summed E-state index contributed by atoms with van der Waals surface area (Å²) in [4.78, 5) is 3.22. The molecule has 0 N–H and O–H groups in total. The predicted molar refractivity (Wildman–Crippen MR) is 126 cm³/mol. The Labute approximate surface area is 195 Å². The number of aromatic nitrogens is 3. The van der Waals surface area contributed by atoms with Crippen molar-refractivity contribution in [2.45, 2.75) is 71.4 Å². The SMILES string of the molecule is [C-]#[N+]/C(C#N)=C1\OC(C)(C)C(c2ccc(-c3cn(CCCCCCCC)nn3)cc2)=C1C#N. The van der Waals surface area contributed by atoms with Crippen molar-refractivity contribution in [2.24, 2.45) is 0 Å². The molecular weight excluding hydrogens is 412 g/mol. The molecule has 2 heterocycles. The number of hydrogen-bond acceptors (Lipinski definition) is 5. The first-order valence-electron chi connectivity index (χ1n) is 11.3. The smallest absolute Gasteiger partial charge is 0.304 e. The maximum Gasteiger partial charge on any atom is 0.304 e. The Balaban J connectivity index is 1.78. The number of aryl methyl sites for hydroxylation is 1. The molecule has 0 unspecified atom stereocenters. The third kappa shape index (κ3) is 5.30. The van der Waals surface area contributed by atoms with Crippen LogP contribution in [-0.4, -0.2) is 20.6 Å². The molecule has 0 saturated carbocycles. The number of ether oxygens (including phenoxy) is 1. The van der Waals surface area contributed by atoms with Crippen LogP contribution in [0.5, 0.6) is 0 Å². The highest BCUT2D eigenvalue weighted by molar-refractivity contribution is 5.84. The molecule has 0 radical (unpaired) electrons. The fraction of sp³-hybridized carbons (Fsp3) is 0.423. The van der Waals surface area contributed by atoms with E-state index in [0.29, 0.717) is 5.57 Å². The van der Waals surface area contributed by atoms with Gasteiger partial charge >= 0.3 is 5.70 Å². The Kier molecular flexibility index (Phi) is 7.65. The molecular formula is C26H28N6O. The van der Waals surface area contributed by atoms with Crippen LogP contribution in [0, 0.1) is 29.2 Å². The second-order valence-electron chi connectivity index (χ2n) is 8.59. The molecule has 1 aromatic heterocycles. The second-order valence-corrected chi connectivity index (χ2v) is 8.59. The van der Waals surface area contributed by atoms with E-state index in [-0.39, 0.29) is 17.0 Å². The van der Waals surface area contributed by atoms with Crippen LogP contribution in [-0.2, 0) is 11.3 Å². The number of rotatable bonds is 9. The second kappa shape index (κ2) is 10.6. The summed E-state index contributed by atoms with van der Waals surface area (Å²) in [6.07, 6.45) is 9.37. The molecule has 2 aromatic rings. The maximum absolute atomic E-state index is 9.75. The van der Waals surface area contributed by atoms with Gasteiger partial charge in [-0.05, 0) is 25.8 Å². The average Bonchev–Trinajstić information content (AvgIpc) is 3.39. The van der Waals surface area contributed by atoms with Gasteiger partial charge in [0.05, 0.1) is 24.4 Å². The molecule has 33 heavy (non-hydrogen) atoms. The minimum absolute atomic E-state index is 0.0525. The molecule has 0 amide bonds. The largest absolute Gasteiger partial charge is 0.492 e. The fourth-order valence-electron chi connectivity index (χ4n) is 4.07. The van der Waals surface area contributed by atoms with E-state index in [2.05, 4.69) is 28.2 Å². The zero-order valence-corrected chi connectivity index (χ0v) is 19.4. The van der Waals surface area contributed by atoms with E-state index in [1.807, 2.05) is 55.1 Å². The lowest BCUT2D eigenvalue weighted by atomic mass is 9.88. The van der Waals surface area contributed by atoms with E-state index in [9.17, 15) is 10.5 Å². The lowest BCUT2D eigenvalue weighted by molar-refractivity contribution is 0.109. The zero-order valence-electron chi connectivity index (χ0n) is 19.4. The standard InChI is InChI=1S/C26H28N6O/c1-5-6-7-8-9-10-15-32-18-23(30-31-32)19-11-13-20(14-12-19)24-21(16-27)25(22(17-28)29-4)33-26(24,2)3/h11-14,18H,5-10,15H2,1-3H3/b25-22-. The van der Waals surface area contributed by atoms with Crippen LogP contribution in [0.3, 0.4) is 0 Å². The average molecular weight is 441 g/mol. The van der Waals surface area contributed by atoms with Crippen molar-refractivity contribution in [1.29, 1.82) is 10.5 Å². The van der Waals surface area contributed by atoms with E-state index in [4.69, 9.17) is 11.3 Å². The predicted octanol–water partition coefficient (Wildman–Crippen LogP) is 6.05. The molecule has 0 bridgehead atoms. The van der Waals surface area contributed by atoms with Gasteiger partial charge in [0.2, 0.25) is 0 Å². The first kappa shape index (κ1) is 23.8. The molecule has 3 rings (SSSR count). The maximum atomic E-state index is 9.75. The van der Waals surface area contributed by atoms with Crippen molar-refractivity contribution in [2.75, 3.05) is 0 Å². The van der Waals surface area contributed by atoms with Crippen LogP contribution in [0.25, 0.3) is 21.7 Å². The van der Waals surface area contributed by atoms with E-state index >= 15 is 0 Å². The highest BCUT2D eigenvalue weighted by Crippen LogP contribution is 2.45. The van der Waals surface area contributed by atoms with Gasteiger partial charge in [-0.1, -0.05) is 68.5 Å². The number of allylic oxidation sites excluding steroid dienone is 2. The van der Waals surface area contributed by atoms with Gasteiger partial charge in [-0.15, -0.1) is 5.10 Å². The highest BCUT2D eigenvalue weighted by Gasteiger charge is 2.40. The van der Waals surface area contributed by atoms with Gasteiger partial charge in [-0.25, -0.2) is 10.1 Å².